The molecule has 1 N–H and O–H groups in total. The predicted octanol–water partition coefficient (Wildman–Crippen LogP) is 4.78. The van der Waals surface area contributed by atoms with Crippen molar-refractivity contribution in [3.63, 3.8) is 0 Å². The van der Waals surface area contributed by atoms with E-state index in [2.05, 4.69) is 33.1 Å². The molecule has 34 heavy (non-hydrogen) atoms. The number of hydrogen-bond donors (Lipinski definition) is 1. The number of aryl methyl sites for hydroxylation is 2. The van der Waals surface area contributed by atoms with Crippen LogP contribution in [-0.2, 0) is 10.5 Å². The van der Waals surface area contributed by atoms with E-state index in [1.807, 2.05) is 49.4 Å². The molecule has 1 fully saturated rings. The van der Waals surface area contributed by atoms with E-state index in [0.717, 1.165) is 54.8 Å². The van der Waals surface area contributed by atoms with E-state index in [0.29, 0.717) is 23.9 Å². The maximum Gasteiger partial charge on any atom is 0.230 e. The third-order valence-electron chi connectivity index (χ3n) is 5.96. The number of aromatic nitrogens is 1. The number of hydrogen-bond acceptors (Lipinski definition) is 6. The molecule has 1 aromatic heterocycles. The average Bonchev–Trinajstić information content (AvgIpc) is 3.20. The van der Waals surface area contributed by atoms with Crippen molar-refractivity contribution in [1.82, 2.24) is 15.2 Å². The third kappa shape index (κ3) is 6.78. The van der Waals surface area contributed by atoms with Gasteiger partial charge in [-0.1, -0.05) is 35.4 Å². The largest absolute Gasteiger partial charge is 0.441 e. The number of amides is 1. The van der Waals surface area contributed by atoms with Crippen LogP contribution in [0.1, 0.15) is 17.0 Å². The van der Waals surface area contributed by atoms with E-state index in [9.17, 15) is 4.79 Å². The summed E-state index contributed by atoms with van der Waals surface area (Å²) < 4.78 is 5.83. The van der Waals surface area contributed by atoms with Gasteiger partial charge < -0.3 is 14.6 Å². The van der Waals surface area contributed by atoms with Crippen molar-refractivity contribution >= 4 is 35.0 Å². The highest BCUT2D eigenvalue weighted by atomic mass is 35.5. The topological polar surface area (TPSA) is 61.6 Å². The molecule has 0 radical (unpaired) electrons. The first-order chi connectivity index (χ1) is 16.5. The van der Waals surface area contributed by atoms with Crippen molar-refractivity contribution < 1.29 is 9.21 Å². The van der Waals surface area contributed by atoms with Gasteiger partial charge in [0.2, 0.25) is 11.8 Å². The number of carbonyl (C=O) groups excluding carboxylic acids is 1. The van der Waals surface area contributed by atoms with Gasteiger partial charge in [0.1, 0.15) is 5.76 Å². The smallest absolute Gasteiger partial charge is 0.230 e. The molecule has 2 heterocycles. The molecule has 1 amide bonds. The fourth-order valence-electron chi connectivity index (χ4n) is 3.93. The molecular formula is C26H31ClN4O2S. The quantitative estimate of drug-likeness (QED) is 0.458. The van der Waals surface area contributed by atoms with Crippen LogP contribution in [0.15, 0.2) is 52.9 Å². The van der Waals surface area contributed by atoms with Gasteiger partial charge in [0.05, 0.1) is 11.4 Å². The number of piperazine rings is 1. The highest BCUT2D eigenvalue weighted by Gasteiger charge is 2.17. The molecule has 0 spiro atoms. The molecule has 1 aliphatic heterocycles. The van der Waals surface area contributed by atoms with E-state index in [1.165, 1.54) is 11.3 Å². The Morgan fingerprint density at radius 1 is 1.12 bits per heavy atom. The monoisotopic (exact) mass is 498 g/mol. The number of thioether (sulfide) groups is 1. The Bertz CT molecular complexity index is 1090. The van der Waals surface area contributed by atoms with E-state index >= 15 is 0 Å². The normalized spacial score (nSPS) is 14.4. The number of nitrogens with one attached hydrogen (secondary N) is 1. The first-order valence-electron chi connectivity index (χ1n) is 11.6. The molecular weight excluding hydrogens is 468 g/mol. The van der Waals surface area contributed by atoms with Gasteiger partial charge in [-0.2, -0.15) is 0 Å². The summed E-state index contributed by atoms with van der Waals surface area (Å²) in [5.41, 5.74) is 4.24. The van der Waals surface area contributed by atoms with Gasteiger partial charge in [-0.3, -0.25) is 9.69 Å². The molecule has 1 aliphatic rings. The van der Waals surface area contributed by atoms with Crippen LogP contribution in [-0.4, -0.2) is 60.8 Å². The predicted molar refractivity (Wildman–Crippen MR) is 141 cm³/mol. The number of anilines is 1. The average molecular weight is 499 g/mol. The van der Waals surface area contributed by atoms with Crippen molar-refractivity contribution in [2.45, 2.75) is 19.6 Å². The van der Waals surface area contributed by atoms with E-state index in [-0.39, 0.29) is 5.91 Å². The molecule has 1 saturated heterocycles. The second-order valence-electron chi connectivity index (χ2n) is 8.54. The lowest BCUT2D eigenvalue weighted by molar-refractivity contribution is -0.118. The molecule has 0 atom stereocenters. The molecule has 0 unspecified atom stereocenters. The Labute approximate surface area is 210 Å². The van der Waals surface area contributed by atoms with Gasteiger partial charge in [-0.15, -0.1) is 11.8 Å². The lowest BCUT2D eigenvalue weighted by Crippen LogP contribution is -2.48. The Kier molecular flexibility index (Phi) is 8.53. The van der Waals surface area contributed by atoms with Crippen molar-refractivity contribution in [2.24, 2.45) is 0 Å². The first-order valence-corrected chi connectivity index (χ1v) is 13.1. The highest BCUT2D eigenvalue weighted by Crippen LogP contribution is 2.24. The Morgan fingerprint density at radius 2 is 1.88 bits per heavy atom. The molecule has 3 aromatic rings. The van der Waals surface area contributed by atoms with Crippen LogP contribution in [0.4, 0.5) is 5.69 Å². The minimum atomic E-state index is 0.0578. The van der Waals surface area contributed by atoms with Crippen molar-refractivity contribution in [2.75, 3.05) is 49.9 Å². The fraction of sp³-hybridized carbons (Fsp3) is 0.385. The minimum Gasteiger partial charge on any atom is -0.441 e. The summed E-state index contributed by atoms with van der Waals surface area (Å²) in [6, 6.07) is 16.1. The van der Waals surface area contributed by atoms with Crippen LogP contribution >= 0.6 is 23.4 Å². The van der Waals surface area contributed by atoms with Gasteiger partial charge in [0, 0.05) is 61.3 Å². The molecule has 0 bridgehead atoms. The Morgan fingerprint density at radius 3 is 2.62 bits per heavy atom. The zero-order valence-corrected chi connectivity index (χ0v) is 21.3. The maximum atomic E-state index is 12.3. The second-order valence-corrected chi connectivity index (χ2v) is 9.96. The van der Waals surface area contributed by atoms with Gasteiger partial charge in [-0.05, 0) is 44.2 Å². The molecule has 8 heteroatoms. The number of nitrogens with zero attached hydrogens (tertiary/aromatic N) is 3. The third-order valence-corrected chi connectivity index (χ3v) is 7.14. The second kappa shape index (κ2) is 11.8. The number of rotatable bonds is 9. The summed E-state index contributed by atoms with van der Waals surface area (Å²) >= 11 is 7.67. The van der Waals surface area contributed by atoms with E-state index < -0.39 is 0 Å². The van der Waals surface area contributed by atoms with Crippen molar-refractivity contribution in [3.8, 4) is 11.5 Å². The standard InChI is InChI=1S/C26H31ClN4O2S/c1-19-6-8-21(9-7-19)26-29-24(20(2)33-26)17-34-18-25(32)28-10-11-30-12-14-31(15-13-30)23-5-3-4-22(27)16-23/h3-9,16H,10-15,17-18H2,1-2H3,(H,28,32). The van der Waals surface area contributed by atoms with Gasteiger partial charge >= 0.3 is 0 Å². The van der Waals surface area contributed by atoms with Crippen molar-refractivity contribution in [1.29, 1.82) is 0 Å². The number of oxazole rings is 1. The zero-order valence-electron chi connectivity index (χ0n) is 19.7. The Balaban J connectivity index is 1.13. The summed E-state index contributed by atoms with van der Waals surface area (Å²) in [6.45, 7) is 9.39. The zero-order chi connectivity index (χ0) is 23.9. The van der Waals surface area contributed by atoms with Gasteiger partial charge in [0.15, 0.2) is 0 Å². The number of halogens is 1. The molecule has 180 valence electrons. The van der Waals surface area contributed by atoms with Crippen LogP contribution < -0.4 is 10.2 Å². The lowest BCUT2D eigenvalue weighted by Gasteiger charge is -2.36. The summed E-state index contributed by atoms with van der Waals surface area (Å²) in [7, 11) is 0. The molecule has 0 aliphatic carbocycles. The van der Waals surface area contributed by atoms with Crippen LogP contribution in [0.2, 0.25) is 5.02 Å². The highest BCUT2D eigenvalue weighted by molar-refractivity contribution is 7.99. The first kappa shape index (κ1) is 24.6. The van der Waals surface area contributed by atoms with E-state index in [4.69, 9.17) is 16.0 Å². The van der Waals surface area contributed by atoms with E-state index in [1.54, 1.807) is 11.8 Å². The molecule has 0 saturated carbocycles. The Hall–Kier alpha value is -2.48. The lowest BCUT2D eigenvalue weighted by atomic mass is 10.1. The SMILES string of the molecule is Cc1ccc(-c2nc(CSCC(=O)NCCN3CCN(c4cccc(Cl)c4)CC3)c(C)o2)cc1. The summed E-state index contributed by atoms with van der Waals surface area (Å²) in [5, 5.41) is 3.81. The van der Waals surface area contributed by atoms with Crippen LogP contribution in [0.5, 0.6) is 0 Å². The van der Waals surface area contributed by atoms with Crippen LogP contribution in [0.3, 0.4) is 0 Å². The molecule has 6 nitrogen and oxygen atoms in total. The minimum absolute atomic E-state index is 0.0578. The molecule has 2 aromatic carbocycles. The van der Waals surface area contributed by atoms with Crippen molar-refractivity contribution in [3.05, 3.63) is 70.6 Å². The summed E-state index contributed by atoms with van der Waals surface area (Å²) in [5.74, 6) is 2.56. The molecule has 4 rings (SSSR count). The number of benzene rings is 2. The fourth-order valence-corrected chi connectivity index (χ4v) is 4.96. The van der Waals surface area contributed by atoms with Crippen LogP contribution in [0, 0.1) is 13.8 Å². The summed E-state index contributed by atoms with van der Waals surface area (Å²) in [6.07, 6.45) is 0. The van der Waals surface area contributed by atoms with Gasteiger partial charge in [-0.25, -0.2) is 4.98 Å². The number of carbonyl (C=O) groups is 1. The summed E-state index contributed by atoms with van der Waals surface area (Å²) in [4.78, 5) is 21.6. The van der Waals surface area contributed by atoms with Gasteiger partial charge in [0.25, 0.3) is 0 Å². The maximum absolute atomic E-state index is 12.3. The van der Waals surface area contributed by atoms with Crippen LogP contribution in [0.25, 0.3) is 11.5 Å².